The fraction of sp³-hybridized carbons (Fsp3) is 0.778. The van der Waals surface area contributed by atoms with E-state index in [0.29, 0.717) is 19.4 Å². The van der Waals surface area contributed by atoms with Crippen molar-refractivity contribution in [3.63, 3.8) is 0 Å². The highest BCUT2D eigenvalue weighted by Crippen LogP contribution is 2.19. The number of carbonyl (C=O) groups excluding carboxylic acids is 2. The van der Waals surface area contributed by atoms with Gasteiger partial charge in [-0.1, -0.05) is 0 Å². The molecule has 0 aromatic carbocycles. The van der Waals surface area contributed by atoms with E-state index in [0.717, 1.165) is 12.7 Å². The van der Waals surface area contributed by atoms with Crippen molar-refractivity contribution in [2.24, 2.45) is 0 Å². The number of hydrogen-bond donors (Lipinski definition) is 1. The molecule has 0 unspecified atom stereocenters. The number of ether oxygens (including phenoxy) is 2. The number of hydrogen-bond acceptors (Lipinski definition) is 4. The van der Waals surface area contributed by atoms with Crippen LogP contribution < -0.4 is 5.32 Å². The number of aldehydes is 1. The Balaban J connectivity index is 2.21. The van der Waals surface area contributed by atoms with E-state index in [1.165, 1.54) is 0 Å². The number of nitrogens with one attached hydrogen (secondary N) is 1. The number of rotatable bonds is 5. The zero-order valence-electron chi connectivity index (χ0n) is 8.19. The maximum Gasteiger partial charge on any atom is 0.249 e. The predicted octanol–water partition coefficient (Wildman–Crippen LogP) is -0.157. The molecule has 1 rings (SSSR count). The van der Waals surface area contributed by atoms with Gasteiger partial charge in [0.25, 0.3) is 0 Å². The maximum absolute atomic E-state index is 11.4. The van der Waals surface area contributed by atoms with Gasteiger partial charge in [-0.25, -0.2) is 0 Å². The average molecular weight is 201 g/mol. The highest BCUT2D eigenvalue weighted by molar-refractivity contribution is 5.81. The zero-order chi connectivity index (χ0) is 10.4. The van der Waals surface area contributed by atoms with Crippen molar-refractivity contribution in [3.05, 3.63) is 0 Å². The van der Waals surface area contributed by atoms with Gasteiger partial charge in [-0.2, -0.15) is 0 Å². The summed E-state index contributed by atoms with van der Waals surface area (Å²) in [5.41, 5.74) is 0. The minimum Gasteiger partial charge on any atom is -0.356 e. The molecule has 1 heterocycles. The summed E-state index contributed by atoms with van der Waals surface area (Å²) in [6, 6.07) is 0. The summed E-state index contributed by atoms with van der Waals surface area (Å²) >= 11 is 0. The normalized spacial score (nSPS) is 26.1. The predicted molar refractivity (Wildman–Crippen MR) is 48.6 cm³/mol. The average Bonchev–Trinajstić information content (AvgIpc) is 2.66. The summed E-state index contributed by atoms with van der Waals surface area (Å²) in [6.07, 6.45) is 1.83. The molecule has 0 aliphatic carbocycles. The topological polar surface area (TPSA) is 64.6 Å². The highest BCUT2D eigenvalue weighted by Gasteiger charge is 2.30. The Kier molecular flexibility index (Phi) is 4.55. The number of amides is 1. The molecule has 1 aliphatic heterocycles. The van der Waals surface area contributed by atoms with E-state index in [1.807, 2.05) is 0 Å². The van der Waals surface area contributed by atoms with Crippen LogP contribution in [-0.4, -0.2) is 38.2 Å². The van der Waals surface area contributed by atoms with Gasteiger partial charge < -0.3 is 19.6 Å². The molecule has 1 aliphatic rings. The van der Waals surface area contributed by atoms with Crippen molar-refractivity contribution < 1.29 is 19.1 Å². The molecule has 1 saturated heterocycles. The van der Waals surface area contributed by atoms with E-state index in [-0.39, 0.29) is 12.2 Å². The first-order valence-corrected chi connectivity index (χ1v) is 4.67. The lowest BCUT2D eigenvalue weighted by Gasteiger charge is -2.11. The summed E-state index contributed by atoms with van der Waals surface area (Å²) in [4.78, 5) is 21.4. The molecule has 0 aromatic rings. The summed E-state index contributed by atoms with van der Waals surface area (Å²) in [6.45, 7) is 0.375. The lowest BCUT2D eigenvalue weighted by Crippen LogP contribution is -2.35. The van der Waals surface area contributed by atoms with Gasteiger partial charge >= 0.3 is 0 Å². The molecule has 5 nitrogen and oxygen atoms in total. The lowest BCUT2D eigenvalue weighted by molar-refractivity contribution is -0.148. The largest absolute Gasteiger partial charge is 0.356 e. The van der Waals surface area contributed by atoms with Crippen LogP contribution in [0.1, 0.15) is 19.3 Å². The lowest BCUT2D eigenvalue weighted by atomic mass is 10.2. The van der Waals surface area contributed by atoms with E-state index in [1.54, 1.807) is 7.11 Å². The molecule has 1 N–H and O–H groups in total. The van der Waals surface area contributed by atoms with E-state index >= 15 is 0 Å². The van der Waals surface area contributed by atoms with Crippen LogP contribution in [-0.2, 0) is 19.1 Å². The standard InChI is InChI=1S/C9H15NO4/c1-13-8-4-3-7(14-8)9(12)10-5-2-6-11/h6-8H,2-5H2,1H3,(H,10,12)/t7-,8+/m1/s1. The van der Waals surface area contributed by atoms with Crippen molar-refractivity contribution in [3.8, 4) is 0 Å². The van der Waals surface area contributed by atoms with Crippen LogP contribution in [0.2, 0.25) is 0 Å². The van der Waals surface area contributed by atoms with E-state index in [4.69, 9.17) is 9.47 Å². The molecule has 1 fully saturated rings. The van der Waals surface area contributed by atoms with Crippen molar-refractivity contribution in [1.82, 2.24) is 5.32 Å². The van der Waals surface area contributed by atoms with Crippen molar-refractivity contribution >= 4 is 12.2 Å². The maximum atomic E-state index is 11.4. The Morgan fingerprint density at radius 1 is 1.64 bits per heavy atom. The Hall–Kier alpha value is -0.940. The van der Waals surface area contributed by atoms with E-state index < -0.39 is 6.10 Å². The second-order valence-corrected chi connectivity index (χ2v) is 3.11. The van der Waals surface area contributed by atoms with Gasteiger partial charge in [-0.05, 0) is 6.42 Å². The van der Waals surface area contributed by atoms with Gasteiger partial charge in [-0.3, -0.25) is 4.79 Å². The SMILES string of the molecule is CO[C@@H]1CC[C@H](C(=O)NCCC=O)O1. The second kappa shape index (κ2) is 5.72. The van der Waals surface area contributed by atoms with Crippen LogP contribution in [0.5, 0.6) is 0 Å². The molecule has 80 valence electrons. The molecule has 1 amide bonds. The fourth-order valence-electron chi connectivity index (χ4n) is 1.34. The molecule has 0 saturated carbocycles. The molecular weight excluding hydrogens is 186 g/mol. The summed E-state index contributed by atoms with van der Waals surface area (Å²) < 4.78 is 10.2. The third kappa shape index (κ3) is 3.08. The van der Waals surface area contributed by atoms with Gasteiger partial charge in [-0.15, -0.1) is 0 Å². The quantitative estimate of drug-likeness (QED) is 0.496. The Bertz CT molecular complexity index is 207. The smallest absolute Gasteiger partial charge is 0.249 e. The molecular formula is C9H15NO4. The Morgan fingerprint density at radius 2 is 2.43 bits per heavy atom. The Labute approximate surface area is 82.8 Å². The van der Waals surface area contributed by atoms with E-state index in [9.17, 15) is 9.59 Å². The monoisotopic (exact) mass is 201 g/mol. The molecule has 0 aromatic heterocycles. The summed E-state index contributed by atoms with van der Waals surface area (Å²) in [7, 11) is 1.55. The van der Waals surface area contributed by atoms with Crippen LogP contribution in [0.15, 0.2) is 0 Å². The first-order chi connectivity index (χ1) is 6.77. The van der Waals surface area contributed by atoms with Gasteiger partial charge in [0, 0.05) is 26.5 Å². The van der Waals surface area contributed by atoms with Crippen molar-refractivity contribution in [2.75, 3.05) is 13.7 Å². The van der Waals surface area contributed by atoms with Gasteiger partial charge in [0.2, 0.25) is 5.91 Å². The van der Waals surface area contributed by atoms with Crippen molar-refractivity contribution in [2.45, 2.75) is 31.7 Å². The minimum atomic E-state index is -0.424. The van der Waals surface area contributed by atoms with Crippen LogP contribution in [0, 0.1) is 0 Å². The third-order valence-electron chi connectivity index (χ3n) is 2.10. The molecule has 5 heteroatoms. The van der Waals surface area contributed by atoms with Gasteiger partial charge in [0.15, 0.2) is 6.29 Å². The number of methoxy groups -OCH3 is 1. The first-order valence-electron chi connectivity index (χ1n) is 4.67. The summed E-state index contributed by atoms with van der Waals surface area (Å²) in [5, 5.41) is 2.62. The molecule has 2 atom stereocenters. The first kappa shape index (κ1) is 11.1. The minimum absolute atomic E-state index is 0.161. The van der Waals surface area contributed by atoms with Gasteiger partial charge in [0.1, 0.15) is 12.4 Å². The molecule has 0 spiro atoms. The number of carbonyl (C=O) groups is 2. The van der Waals surface area contributed by atoms with Crippen molar-refractivity contribution in [1.29, 1.82) is 0 Å². The van der Waals surface area contributed by atoms with Crippen LogP contribution in [0.3, 0.4) is 0 Å². The van der Waals surface area contributed by atoms with Crippen LogP contribution >= 0.6 is 0 Å². The zero-order valence-corrected chi connectivity index (χ0v) is 8.19. The molecule has 0 bridgehead atoms. The third-order valence-corrected chi connectivity index (χ3v) is 2.10. The Morgan fingerprint density at radius 3 is 3.00 bits per heavy atom. The van der Waals surface area contributed by atoms with E-state index in [2.05, 4.69) is 5.32 Å². The van der Waals surface area contributed by atoms with Gasteiger partial charge in [0.05, 0.1) is 0 Å². The van der Waals surface area contributed by atoms with Crippen LogP contribution in [0.4, 0.5) is 0 Å². The highest BCUT2D eigenvalue weighted by atomic mass is 16.7. The molecule has 0 radical (unpaired) electrons. The fourth-order valence-corrected chi connectivity index (χ4v) is 1.34. The van der Waals surface area contributed by atoms with Crippen LogP contribution in [0.25, 0.3) is 0 Å². The summed E-state index contributed by atoms with van der Waals surface area (Å²) in [5.74, 6) is -0.161. The second-order valence-electron chi connectivity index (χ2n) is 3.11. The molecule has 14 heavy (non-hydrogen) atoms.